The molecule has 0 unspecified atom stereocenters. The van der Waals surface area contributed by atoms with E-state index in [9.17, 15) is 0 Å². The highest BCUT2D eigenvalue weighted by Crippen LogP contribution is 2.25. The Hall–Kier alpha value is -1.04. The highest BCUT2D eigenvalue weighted by molar-refractivity contribution is 14.1. The predicted molar refractivity (Wildman–Crippen MR) is 83.7 cm³/mol. The first-order chi connectivity index (χ1) is 8.49. The third kappa shape index (κ3) is 2.68. The zero-order valence-corrected chi connectivity index (χ0v) is 13.1. The molecule has 3 nitrogen and oxygen atoms in total. The van der Waals surface area contributed by atoms with Gasteiger partial charge >= 0.3 is 0 Å². The lowest BCUT2D eigenvalue weighted by molar-refractivity contribution is 0.664. The van der Waals surface area contributed by atoms with Crippen LogP contribution in [0.1, 0.15) is 36.6 Å². The number of nitrogens with zero attached hydrogens (tertiary/aromatic N) is 2. The largest absolute Gasteiger partial charge is 0.383 e. The van der Waals surface area contributed by atoms with Crippen molar-refractivity contribution in [3.63, 3.8) is 0 Å². The Labute approximate surface area is 122 Å². The van der Waals surface area contributed by atoms with Gasteiger partial charge in [-0.25, -0.2) is 4.68 Å². The van der Waals surface area contributed by atoms with Crippen molar-refractivity contribution < 1.29 is 0 Å². The predicted octanol–water partition coefficient (Wildman–Crippen LogP) is 3.55. The molecule has 1 heterocycles. The molecular weight excluding hydrogens is 337 g/mol. The van der Waals surface area contributed by atoms with E-state index in [1.54, 1.807) is 0 Å². The molecule has 2 rings (SSSR count). The molecule has 0 spiro atoms. The van der Waals surface area contributed by atoms with Gasteiger partial charge in [0.25, 0.3) is 0 Å². The van der Waals surface area contributed by atoms with Crippen LogP contribution < -0.4 is 5.73 Å². The topological polar surface area (TPSA) is 43.8 Å². The lowest BCUT2D eigenvalue weighted by atomic mass is 10.1. The summed E-state index contributed by atoms with van der Waals surface area (Å²) < 4.78 is 2.97. The first kappa shape index (κ1) is 13.4. The molecule has 0 bridgehead atoms. The number of aromatic nitrogens is 2. The summed E-state index contributed by atoms with van der Waals surface area (Å²) in [5.74, 6) is 1.17. The molecular formula is C14H18IN3. The zero-order valence-electron chi connectivity index (χ0n) is 10.9. The number of halogens is 1. The van der Waals surface area contributed by atoms with Crippen molar-refractivity contribution in [3.8, 4) is 0 Å². The van der Waals surface area contributed by atoms with Gasteiger partial charge in [-0.2, -0.15) is 5.10 Å². The van der Waals surface area contributed by atoms with Gasteiger partial charge in [-0.05, 0) is 41.0 Å². The molecule has 2 aromatic rings. The summed E-state index contributed by atoms with van der Waals surface area (Å²) in [6.07, 6.45) is 0. The molecule has 1 aromatic heterocycles. The van der Waals surface area contributed by atoms with Gasteiger partial charge in [0.1, 0.15) is 5.82 Å². The van der Waals surface area contributed by atoms with Crippen molar-refractivity contribution >= 4 is 28.4 Å². The van der Waals surface area contributed by atoms with Crippen molar-refractivity contribution in [3.05, 3.63) is 44.7 Å². The highest BCUT2D eigenvalue weighted by Gasteiger charge is 2.15. The van der Waals surface area contributed by atoms with E-state index in [-0.39, 0.29) is 0 Å². The maximum atomic E-state index is 6.11. The number of aryl methyl sites for hydroxylation is 1. The number of rotatable bonds is 3. The van der Waals surface area contributed by atoms with Gasteiger partial charge < -0.3 is 5.73 Å². The number of anilines is 1. The molecule has 0 amide bonds. The quantitative estimate of drug-likeness (QED) is 0.856. The molecule has 0 aliphatic carbocycles. The van der Waals surface area contributed by atoms with E-state index in [0.717, 1.165) is 21.6 Å². The second-order valence-corrected chi connectivity index (χ2v) is 5.96. The minimum atomic E-state index is 0.401. The van der Waals surface area contributed by atoms with Gasteiger partial charge in [-0.3, -0.25) is 0 Å². The number of nitrogen functional groups attached to an aromatic ring is 1. The molecule has 2 N–H and O–H groups in total. The molecule has 96 valence electrons. The average molecular weight is 355 g/mol. The summed E-state index contributed by atoms with van der Waals surface area (Å²) in [5, 5.41) is 4.61. The van der Waals surface area contributed by atoms with Crippen LogP contribution in [0.5, 0.6) is 0 Å². The van der Waals surface area contributed by atoms with Crippen molar-refractivity contribution in [2.24, 2.45) is 0 Å². The second kappa shape index (κ2) is 5.30. The normalized spacial score (nSPS) is 11.2. The maximum absolute atomic E-state index is 6.11. The maximum Gasteiger partial charge on any atom is 0.135 e. The van der Waals surface area contributed by atoms with Gasteiger partial charge in [0.2, 0.25) is 0 Å². The number of hydrogen-bond acceptors (Lipinski definition) is 2. The third-order valence-electron chi connectivity index (χ3n) is 2.96. The Balaban J connectivity index is 2.29. The smallest absolute Gasteiger partial charge is 0.135 e. The van der Waals surface area contributed by atoms with Crippen molar-refractivity contribution in [2.45, 2.75) is 33.2 Å². The summed E-state index contributed by atoms with van der Waals surface area (Å²) in [6, 6.07) is 8.48. The van der Waals surface area contributed by atoms with E-state index in [1.807, 2.05) is 4.68 Å². The molecule has 0 saturated carbocycles. The monoisotopic (exact) mass is 355 g/mol. The third-order valence-corrected chi connectivity index (χ3v) is 4.06. The van der Waals surface area contributed by atoms with Crippen molar-refractivity contribution in [1.82, 2.24) is 9.78 Å². The van der Waals surface area contributed by atoms with Gasteiger partial charge in [0.15, 0.2) is 0 Å². The molecule has 0 atom stereocenters. The summed E-state index contributed by atoms with van der Waals surface area (Å²) in [5.41, 5.74) is 9.69. The van der Waals surface area contributed by atoms with Crippen LogP contribution in [0, 0.1) is 10.5 Å². The highest BCUT2D eigenvalue weighted by atomic mass is 127. The first-order valence-corrected chi connectivity index (χ1v) is 7.14. The van der Waals surface area contributed by atoms with E-state index in [4.69, 9.17) is 5.73 Å². The molecule has 0 aliphatic rings. The number of nitrogens with two attached hydrogens (primary N) is 1. The summed E-state index contributed by atoms with van der Waals surface area (Å²) in [7, 11) is 0. The minimum absolute atomic E-state index is 0.401. The molecule has 4 heteroatoms. The molecule has 0 aliphatic heterocycles. The summed E-state index contributed by atoms with van der Waals surface area (Å²) in [4.78, 5) is 0. The molecule has 18 heavy (non-hydrogen) atoms. The Bertz CT molecular complexity index is 541. The number of benzene rings is 1. The lowest BCUT2D eigenvalue weighted by Crippen LogP contribution is -2.06. The fraction of sp³-hybridized carbons (Fsp3) is 0.357. The van der Waals surface area contributed by atoms with Crippen molar-refractivity contribution in [1.29, 1.82) is 0 Å². The van der Waals surface area contributed by atoms with Crippen LogP contribution in [-0.4, -0.2) is 9.78 Å². The van der Waals surface area contributed by atoms with Crippen LogP contribution in [0.3, 0.4) is 0 Å². The Kier molecular flexibility index (Phi) is 3.94. The van der Waals surface area contributed by atoms with Crippen molar-refractivity contribution in [2.75, 3.05) is 5.73 Å². The van der Waals surface area contributed by atoms with Gasteiger partial charge in [-0.1, -0.05) is 43.7 Å². The van der Waals surface area contributed by atoms with Crippen LogP contribution in [0.2, 0.25) is 0 Å². The zero-order chi connectivity index (χ0) is 13.3. The molecule has 0 radical (unpaired) electrons. The van der Waals surface area contributed by atoms with Crippen LogP contribution in [0.4, 0.5) is 5.82 Å². The summed E-state index contributed by atoms with van der Waals surface area (Å²) >= 11 is 2.28. The van der Waals surface area contributed by atoms with E-state index in [0.29, 0.717) is 5.92 Å². The minimum Gasteiger partial charge on any atom is -0.383 e. The first-order valence-electron chi connectivity index (χ1n) is 6.06. The van der Waals surface area contributed by atoms with Gasteiger partial charge in [-0.15, -0.1) is 0 Å². The Morgan fingerprint density at radius 2 is 1.89 bits per heavy atom. The molecule has 0 saturated heterocycles. The standard InChI is InChI=1S/C14H18IN3/c1-9(2)13-12(15)14(16)18(17-13)8-11-6-4-10(3)5-7-11/h4-7,9H,8,16H2,1-3H3. The molecule has 0 fully saturated rings. The van der Waals surface area contributed by atoms with E-state index in [1.165, 1.54) is 11.1 Å². The fourth-order valence-electron chi connectivity index (χ4n) is 1.83. The van der Waals surface area contributed by atoms with E-state index in [2.05, 4.69) is 72.7 Å². The van der Waals surface area contributed by atoms with Gasteiger partial charge in [0.05, 0.1) is 15.8 Å². The molecule has 1 aromatic carbocycles. The fourth-order valence-corrected chi connectivity index (χ4v) is 2.84. The summed E-state index contributed by atoms with van der Waals surface area (Å²) in [6.45, 7) is 7.10. The average Bonchev–Trinajstić information content (AvgIpc) is 2.60. The second-order valence-electron chi connectivity index (χ2n) is 4.88. The van der Waals surface area contributed by atoms with Crippen LogP contribution in [0.25, 0.3) is 0 Å². The Morgan fingerprint density at radius 3 is 2.39 bits per heavy atom. The number of hydrogen-bond donors (Lipinski definition) is 1. The van der Waals surface area contributed by atoms with Crippen LogP contribution in [0.15, 0.2) is 24.3 Å². The SMILES string of the molecule is Cc1ccc(Cn2nc(C(C)C)c(I)c2N)cc1. The van der Waals surface area contributed by atoms with E-state index < -0.39 is 0 Å². The van der Waals surface area contributed by atoms with Crippen LogP contribution in [-0.2, 0) is 6.54 Å². The Morgan fingerprint density at radius 1 is 1.28 bits per heavy atom. The van der Waals surface area contributed by atoms with Gasteiger partial charge in [0, 0.05) is 0 Å². The lowest BCUT2D eigenvalue weighted by Gasteiger charge is -2.05. The van der Waals surface area contributed by atoms with Crippen LogP contribution >= 0.6 is 22.6 Å². The van der Waals surface area contributed by atoms with E-state index >= 15 is 0 Å².